The summed E-state index contributed by atoms with van der Waals surface area (Å²) in [6.45, 7) is 3.79. The highest BCUT2D eigenvalue weighted by molar-refractivity contribution is 5.95. The van der Waals surface area contributed by atoms with E-state index in [2.05, 4.69) is 15.2 Å². The predicted molar refractivity (Wildman–Crippen MR) is 96.3 cm³/mol. The quantitative estimate of drug-likeness (QED) is 0.701. The minimum Gasteiger partial charge on any atom is -0.421 e. The van der Waals surface area contributed by atoms with Crippen molar-refractivity contribution in [2.45, 2.75) is 38.8 Å². The maximum atomic E-state index is 13.1. The maximum Gasteiger partial charge on any atom is 0.254 e. The molecule has 6 heteroatoms. The van der Waals surface area contributed by atoms with E-state index in [1.807, 2.05) is 54.3 Å². The molecular weight excluding hydrogens is 328 g/mol. The van der Waals surface area contributed by atoms with Gasteiger partial charge in [-0.3, -0.25) is 9.78 Å². The monoisotopic (exact) mass is 348 g/mol. The summed E-state index contributed by atoms with van der Waals surface area (Å²) in [5.41, 5.74) is 2.36. The lowest BCUT2D eigenvalue weighted by molar-refractivity contribution is 0.0670. The minimum absolute atomic E-state index is 0.0268. The molecule has 1 aromatic carbocycles. The van der Waals surface area contributed by atoms with E-state index in [1.54, 1.807) is 13.1 Å². The molecule has 0 saturated heterocycles. The molecule has 132 valence electrons. The third kappa shape index (κ3) is 3.22. The van der Waals surface area contributed by atoms with Gasteiger partial charge < -0.3 is 9.32 Å². The molecule has 1 aliphatic rings. The highest BCUT2D eigenvalue weighted by Crippen LogP contribution is 2.35. The predicted octanol–water partition coefficient (Wildman–Crippen LogP) is 3.81. The zero-order valence-electron chi connectivity index (χ0n) is 14.8. The van der Waals surface area contributed by atoms with Crippen LogP contribution >= 0.6 is 0 Å². The normalized spacial score (nSPS) is 14.8. The topological polar surface area (TPSA) is 72.1 Å². The molecule has 0 aliphatic heterocycles. The molecule has 26 heavy (non-hydrogen) atoms. The van der Waals surface area contributed by atoms with Gasteiger partial charge >= 0.3 is 0 Å². The van der Waals surface area contributed by atoms with Gasteiger partial charge in [-0.05, 0) is 56.2 Å². The van der Waals surface area contributed by atoms with Crippen LogP contribution in [-0.4, -0.2) is 32.0 Å². The van der Waals surface area contributed by atoms with Crippen LogP contribution in [-0.2, 0) is 0 Å². The molecule has 2 heterocycles. The Morgan fingerprint density at radius 3 is 2.50 bits per heavy atom. The summed E-state index contributed by atoms with van der Waals surface area (Å²) in [4.78, 5) is 19.5. The number of nitrogens with zero attached hydrogens (tertiary/aromatic N) is 4. The fraction of sp³-hybridized carbons (Fsp3) is 0.300. The van der Waals surface area contributed by atoms with Crippen LogP contribution in [0.4, 0.5) is 0 Å². The van der Waals surface area contributed by atoms with Gasteiger partial charge in [-0.25, -0.2) is 0 Å². The first-order valence-electron chi connectivity index (χ1n) is 8.77. The lowest BCUT2D eigenvalue weighted by Crippen LogP contribution is -2.35. The summed E-state index contributed by atoms with van der Waals surface area (Å²) >= 11 is 0. The molecule has 0 N–H and O–H groups in total. The van der Waals surface area contributed by atoms with Crippen LogP contribution in [0.1, 0.15) is 47.7 Å². The highest BCUT2D eigenvalue weighted by atomic mass is 16.4. The summed E-state index contributed by atoms with van der Waals surface area (Å²) in [5, 5.41) is 7.85. The third-order valence-corrected chi connectivity index (χ3v) is 4.61. The van der Waals surface area contributed by atoms with E-state index >= 15 is 0 Å². The Morgan fingerprint density at radius 1 is 1.15 bits per heavy atom. The Bertz CT molecular complexity index is 901. The Labute approximate surface area is 151 Å². The van der Waals surface area contributed by atoms with E-state index in [0.29, 0.717) is 17.3 Å². The molecule has 1 saturated carbocycles. The first-order valence-corrected chi connectivity index (χ1v) is 8.77. The number of carbonyl (C=O) groups is 1. The van der Waals surface area contributed by atoms with Crippen LogP contribution in [0.5, 0.6) is 0 Å². The number of aromatic nitrogens is 3. The van der Waals surface area contributed by atoms with Crippen LogP contribution in [0.2, 0.25) is 0 Å². The molecule has 0 spiro atoms. The van der Waals surface area contributed by atoms with Crippen LogP contribution in [0.15, 0.2) is 53.1 Å². The Balaban J connectivity index is 1.58. The van der Waals surface area contributed by atoms with E-state index in [1.165, 1.54) is 0 Å². The zero-order valence-corrected chi connectivity index (χ0v) is 14.8. The molecule has 1 atom stereocenters. The van der Waals surface area contributed by atoms with E-state index < -0.39 is 0 Å². The fourth-order valence-corrected chi connectivity index (χ4v) is 3.09. The Morgan fingerprint density at radius 2 is 1.92 bits per heavy atom. The fourth-order valence-electron chi connectivity index (χ4n) is 3.09. The Hall–Kier alpha value is -3.02. The van der Waals surface area contributed by atoms with Crippen LogP contribution in [0.25, 0.3) is 11.5 Å². The van der Waals surface area contributed by atoms with Crippen molar-refractivity contribution in [3.8, 4) is 11.5 Å². The van der Waals surface area contributed by atoms with Crippen molar-refractivity contribution in [2.75, 3.05) is 0 Å². The molecule has 4 rings (SSSR count). The number of amides is 1. The van der Waals surface area contributed by atoms with Crippen molar-refractivity contribution in [3.05, 3.63) is 65.8 Å². The lowest BCUT2D eigenvalue weighted by Gasteiger charge is -2.29. The molecule has 1 aliphatic carbocycles. The summed E-state index contributed by atoms with van der Waals surface area (Å²) in [6.07, 6.45) is 3.85. The average molecular weight is 348 g/mol. The van der Waals surface area contributed by atoms with Crippen molar-refractivity contribution < 1.29 is 9.21 Å². The molecule has 0 bridgehead atoms. The van der Waals surface area contributed by atoms with Crippen molar-refractivity contribution in [2.24, 2.45) is 0 Å². The molecule has 2 aromatic heterocycles. The van der Waals surface area contributed by atoms with Crippen molar-refractivity contribution in [3.63, 3.8) is 0 Å². The van der Waals surface area contributed by atoms with Gasteiger partial charge in [0.15, 0.2) is 0 Å². The molecule has 1 fully saturated rings. The van der Waals surface area contributed by atoms with Gasteiger partial charge in [-0.2, -0.15) is 0 Å². The largest absolute Gasteiger partial charge is 0.421 e. The molecule has 1 amide bonds. The highest BCUT2D eigenvalue weighted by Gasteiger charge is 2.37. The SMILES string of the molecule is Cc1nnc(-c2ccc(C(=O)N(C3CC3)[C@@H](C)c3ccccn3)cc2)o1. The number of benzene rings is 1. The lowest BCUT2D eigenvalue weighted by atomic mass is 10.1. The second kappa shape index (κ2) is 6.71. The van der Waals surface area contributed by atoms with Crippen molar-refractivity contribution in [1.29, 1.82) is 0 Å². The summed E-state index contributed by atoms with van der Waals surface area (Å²) in [6, 6.07) is 13.4. The Kier molecular flexibility index (Phi) is 4.24. The molecule has 0 radical (unpaired) electrons. The molecular formula is C20H20N4O2. The zero-order chi connectivity index (χ0) is 18.1. The first kappa shape index (κ1) is 16.4. The van der Waals surface area contributed by atoms with Crippen molar-refractivity contribution in [1.82, 2.24) is 20.1 Å². The molecule has 6 nitrogen and oxygen atoms in total. The van der Waals surface area contributed by atoms with Crippen LogP contribution in [0.3, 0.4) is 0 Å². The van der Waals surface area contributed by atoms with E-state index in [-0.39, 0.29) is 18.0 Å². The standard InChI is InChI=1S/C20H20N4O2/c1-13(18-5-3-4-12-21-18)24(17-10-11-17)20(25)16-8-6-15(7-9-16)19-23-22-14(2)26-19/h3-9,12-13,17H,10-11H2,1-2H3/t13-/m0/s1. The van der Waals surface area contributed by atoms with E-state index in [9.17, 15) is 4.79 Å². The van der Waals surface area contributed by atoms with Gasteiger partial charge in [0.2, 0.25) is 11.8 Å². The smallest absolute Gasteiger partial charge is 0.254 e. The van der Waals surface area contributed by atoms with Gasteiger partial charge in [0.25, 0.3) is 5.91 Å². The van der Waals surface area contributed by atoms with E-state index in [0.717, 1.165) is 24.1 Å². The van der Waals surface area contributed by atoms with Gasteiger partial charge in [-0.15, -0.1) is 10.2 Å². The number of hydrogen-bond donors (Lipinski definition) is 0. The van der Waals surface area contributed by atoms with Gasteiger partial charge in [0.05, 0.1) is 11.7 Å². The molecule has 3 aromatic rings. The van der Waals surface area contributed by atoms with Crippen molar-refractivity contribution >= 4 is 5.91 Å². The summed E-state index contributed by atoms with van der Waals surface area (Å²) in [5.74, 6) is 1.01. The second-order valence-corrected chi connectivity index (χ2v) is 6.58. The molecule has 0 unspecified atom stereocenters. The third-order valence-electron chi connectivity index (χ3n) is 4.61. The summed E-state index contributed by atoms with van der Waals surface area (Å²) in [7, 11) is 0. The van der Waals surface area contributed by atoms with E-state index in [4.69, 9.17) is 4.42 Å². The second-order valence-electron chi connectivity index (χ2n) is 6.58. The van der Waals surface area contributed by atoms with Crippen LogP contribution < -0.4 is 0 Å². The average Bonchev–Trinajstić information content (AvgIpc) is 3.42. The number of aryl methyl sites for hydroxylation is 1. The summed E-state index contributed by atoms with van der Waals surface area (Å²) < 4.78 is 5.44. The number of carbonyl (C=O) groups excluding carboxylic acids is 1. The number of hydrogen-bond acceptors (Lipinski definition) is 5. The first-order chi connectivity index (χ1) is 12.6. The maximum absolute atomic E-state index is 13.1. The number of rotatable bonds is 5. The number of pyridine rings is 1. The van der Waals surface area contributed by atoms with Gasteiger partial charge in [0, 0.05) is 30.3 Å². The van der Waals surface area contributed by atoms with Gasteiger partial charge in [-0.1, -0.05) is 6.07 Å². The van der Waals surface area contributed by atoms with Gasteiger partial charge in [0.1, 0.15) is 0 Å². The van der Waals surface area contributed by atoms with Crippen LogP contribution in [0, 0.1) is 6.92 Å². The minimum atomic E-state index is -0.0607.